The molecule has 0 aliphatic heterocycles. The highest BCUT2D eigenvalue weighted by Crippen LogP contribution is 2.22. The number of non-ortho nitro benzene ring substituents is 1. The molecule has 4 aromatic rings. The van der Waals surface area contributed by atoms with Crippen LogP contribution in [0.25, 0.3) is 16.6 Å². The second kappa shape index (κ2) is 5.16. The van der Waals surface area contributed by atoms with Crippen molar-refractivity contribution in [3.05, 3.63) is 64.6 Å². The van der Waals surface area contributed by atoms with Crippen LogP contribution in [-0.2, 0) is 0 Å². The van der Waals surface area contributed by atoms with E-state index in [-0.39, 0.29) is 11.6 Å². The largest absolute Gasteiger partial charge is 0.351 e. The lowest BCUT2D eigenvalue weighted by Crippen LogP contribution is -2.15. The molecule has 0 unspecified atom stereocenters. The van der Waals surface area contributed by atoms with Gasteiger partial charge in [0.2, 0.25) is 0 Å². The Morgan fingerprint density at radius 3 is 2.92 bits per heavy atom. The molecular weight excluding hydrogens is 312 g/mol. The van der Waals surface area contributed by atoms with E-state index in [0.29, 0.717) is 28.1 Å². The average molecular weight is 322 g/mol. The number of hydrogen-bond donors (Lipinski definition) is 2. The summed E-state index contributed by atoms with van der Waals surface area (Å²) in [5, 5.41) is 18.3. The van der Waals surface area contributed by atoms with Crippen molar-refractivity contribution in [2.75, 3.05) is 5.32 Å². The van der Waals surface area contributed by atoms with E-state index in [0.717, 1.165) is 0 Å². The first-order chi connectivity index (χ1) is 11.6. The monoisotopic (exact) mass is 322 g/mol. The highest BCUT2D eigenvalue weighted by atomic mass is 16.6. The van der Waals surface area contributed by atoms with E-state index >= 15 is 0 Å². The van der Waals surface area contributed by atoms with Crippen LogP contribution in [0, 0.1) is 10.1 Å². The van der Waals surface area contributed by atoms with Gasteiger partial charge >= 0.3 is 0 Å². The van der Waals surface area contributed by atoms with Crippen LogP contribution in [0.1, 0.15) is 10.5 Å². The van der Waals surface area contributed by atoms with E-state index in [1.165, 1.54) is 16.6 Å². The van der Waals surface area contributed by atoms with Crippen LogP contribution in [0.4, 0.5) is 11.5 Å². The summed E-state index contributed by atoms with van der Waals surface area (Å²) >= 11 is 0. The van der Waals surface area contributed by atoms with Gasteiger partial charge in [-0.15, -0.1) is 0 Å². The van der Waals surface area contributed by atoms with Gasteiger partial charge in [0, 0.05) is 35.3 Å². The maximum Gasteiger partial charge on any atom is 0.273 e. The third-order valence-corrected chi connectivity index (χ3v) is 3.59. The summed E-state index contributed by atoms with van der Waals surface area (Å²) in [7, 11) is 0. The van der Waals surface area contributed by atoms with Crippen molar-refractivity contribution in [3.8, 4) is 0 Å². The maximum absolute atomic E-state index is 12.4. The molecule has 0 aliphatic carbocycles. The fourth-order valence-electron chi connectivity index (χ4n) is 2.47. The van der Waals surface area contributed by atoms with Crippen molar-refractivity contribution < 1.29 is 9.72 Å². The van der Waals surface area contributed by atoms with Gasteiger partial charge in [-0.2, -0.15) is 9.61 Å². The molecule has 2 N–H and O–H groups in total. The molecule has 0 saturated carbocycles. The number of fused-ring (bicyclic) bond motifs is 2. The summed E-state index contributed by atoms with van der Waals surface area (Å²) in [6.07, 6.45) is 3.15. The number of hydrogen-bond acceptors (Lipinski definition) is 5. The summed E-state index contributed by atoms with van der Waals surface area (Å²) in [4.78, 5) is 29.8. The molecule has 118 valence electrons. The number of rotatable bonds is 3. The maximum atomic E-state index is 12.4. The van der Waals surface area contributed by atoms with Crippen molar-refractivity contribution in [2.24, 2.45) is 0 Å². The zero-order valence-electron chi connectivity index (χ0n) is 12.1. The van der Waals surface area contributed by atoms with Crippen molar-refractivity contribution >= 4 is 34.0 Å². The van der Waals surface area contributed by atoms with E-state index in [2.05, 4.69) is 20.4 Å². The number of nitro benzene ring substituents is 1. The van der Waals surface area contributed by atoms with Crippen molar-refractivity contribution in [1.82, 2.24) is 19.6 Å². The molecule has 3 heterocycles. The van der Waals surface area contributed by atoms with Crippen molar-refractivity contribution in [1.29, 1.82) is 0 Å². The second-order valence-corrected chi connectivity index (χ2v) is 5.10. The summed E-state index contributed by atoms with van der Waals surface area (Å²) in [6.45, 7) is 0. The van der Waals surface area contributed by atoms with Crippen LogP contribution in [0.15, 0.2) is 48.8 Å². The first-order valence-electron chi connectivity index (χ1n) is 6.99. The minimum Gasteiger partial charge on any atom is -0.351 e. The number of carbonyl (C=O) groups excluding carboxylic acids is 1. The molecule has 0 bridgehead atoms. The lowest BCUT2D eigenvalue weighted by Gasteiger charge is -2.05. The number of carbonyl (C=O) groups is 1. The Hall–Kier alpha value is -3.75. The molecule has 3 aromatic heterocycles. The van der Waals surface area contributed by atoms with E-state index in [1.54, 1.807) is 36.7 Å². The molecule has 9 heteroatoms. The number of nitrogens with one attached hydrogen (secondary N) is 2. The number of amides is 1. The van der Waals surface area contributed by atoms with Crippen LogP contribution >= 0.6 is 0 Å². The lowest BCUT2D eigenvalue weighted by atomic mass is 10.2. The molecule has 0 fully saturated rings. The Morgan fingerprint density at radius 2 is 2.08 bits per heavy atom. The first-order valence-corrected chi connectivity index (χ1v) is 6.99. The van der Waals surface area contributed by atoms with Gasteiger partial charge in [-0.25, -0.2) is 4.98 Å². The Bertz CT molecular complexity index is 1100. The van der Waals surface area contributed by atoms with Gasteiger partial charge in [0.1, 0.15) is 11.5 Å². The number of aromatic amines is 1. The molecule has 1 amide bonds. The fourth-order valence-corrected chi connectivity index (χ4v) is 2.47. The Labute approximate surface area is 134 Å². The number of nitrogens with zero attached hydrogens (tertiary/aromatic N) is 4. The predicted molar refractivity (Wildman–Crippen MR) is 85.9 cm³/mol. The van der Waals surface area contributed by atoms with E-state index in [4.69, 9.17) is 0 Å². The Kier molecular flexibility index (Phi) is 2.98. The Morgan fingerprint density at radius 1 is 1.21 bits per heavy atom. The van der Waals surface area contributed by atoms with E-state index in [1.807, 2.05) is 0 Å². The zero-order valence-corrected chi connectivity index (χ0v) is 12.1. The standard InChI is InChI=1S/C15H10N6O3/c22-15(19-14-3-5-16-13-4-6-17-20(13)14)12-8-9-7-10(21(23)24)1-2-11(9)18-12/h1-8,18H,(H,19,22). The SMILES string of the molecule is O=C(Nc1ccnc2ccnn12)c1cc2cc([N+](=O)[O-])ccc2[nH]1. The number of H-pyrrole nitrogens is 1. The van der Waals surface area contributed by atoms with Crippen molar-refractivity contribution in [3.63, 3.8) is 0 Å². The molecule has 0 radical (unpaired) electrons. The van der Waals surface area contributed by atoms with E-state index < -0.39 is 4.92 Å². The Balaban J connectivity index is 1.68. The summed E-state index contributed by atoms with van der Waals surface area (Å²) in [6, 6.07) is 9.29. The minimum atomic E-state index is -0.475. The van der Waals surface area contributed by atoms with Crippen LogP contribution in [0.3, 0.4) is 0 Å². The summed E-state index contributed by atoms with van der Waals surface area (Å²) in [5.74, 6) is 0.0940. The molecule has 9 nitrogen and oxygen atoms in total. The van der Waals surface area contributed by atoms with Gasteiger partial charge in [0.25, 0.3) is 11.6 Å². The number of aromatic nitrogens is 4. The van der Waals surface area contributed by atoms with E-state index in [9.17, 15) is 14.9 Å². The normalized spacial score (nSPS) is 11.0. The molecule has 0 spiro atoms. The first kappa shape index (κ1) is 13.9. The smallest absolute Gasteiger partial charge is 0.273 e. The highest BCUT2D eigenvalue weighted by molar-refractivity contribution is 6.05. The number of nitro groups is 1. The van der Waals surface area contributed by atoms with Gasteiger partial charge in [-0.3, -0.25) is 14.9 Å². The number of anilines is 1. The van der Waals surface area contributed by atoms with Crippen molar-refractivity contribution in [2.45, 2.75) is 0 Å². The third-order valence-electron chi connectivity index (χ3n) is 3.59. The quantitative estimate of drug-likeness (QED) is 0.443. The van der Waals surface area contributed by atoms with Crippen LogP contribution in [0.5, 0.6) is 0 Å². The molecular formula is C15H10N6O3. The van der Waals surface area contributed by atoms with Gasteiger partial charge in [-0.1, -0.05) is 0 Å². The third kappa shape index (κ3) is 2.24. The number of benzene rings is 1. The average Bonchev–Trinajstić information content (AvgIpc) is 3.21. The summed E-state index contributed by atoms with van der Waals surface area (Å²) < 4.78 is 1.51. The molecule has 0 atom stereocenters. The van der Waals surface area contributed by atoms with Gasteiger partial charge in [-0.05, 0) is 18.2 Å². The second-order valence-electron chi connectivity index (χ2n) is 5.10. The molecule has 0 saturated heterocycles. The predicted octanol–water partition coefficient (Wildman–Crippen LogP) is 2.37. The minimum absolute atomic E-state index is 0.0270. The highest BCUT2D eigenvalue weighted by Gasteiger charge is 2.14. The fraction of sp³-hybridized carbons (Fsp3) is 0. The summed E-state index contributed by atoms with van der Waals surface area (Å²) in [5.41, 5.74) is 1.52. The van der Waals surface area contributed by atoms with Gasteiger partial charge < -0.3 is 10.3 Å². The lowest BCUT2D eigenvalue weighted by molar-refractivity contribution is -0.384. The zero-order chi connectivity index (χ0) is 16.7. The molecule has 4 rings (SSSR count). The molecule has 24 heavy (non-hydrogen) atoms. The van der Waals surface area contributed by atoms with Crippen LogP contribution in [0.2, 0.25) is 0 Å². The van der Waals surface area contributed by atoms with Gasteiger partial charge in [0.15, 0.2) is 5.65 Å². The molecule has 0 aliphatic rings. The van der Waals surface area contributed by atoms with Crippen LogP contribution in [-0.4, -0.2) is 30.4 Å². The van der Waals surface area contributed by atoms with Gasteiger partial charge in [0.05, 0.1) is 11.1 Å². The van der Waals surface area contributed by atoms with Crippen LogP contribution < -0.4 is 5.32 Å². The topological polar surface area (TPSA) is 118 Å². The molecule has 1 aromatic carbocycles.